The Hall–Kier alpha value is -2.24. The van der Waals surface area contributed by atoms with E-state index >= 15 is 0 Å². The van der Waals surface area contributed by atoms with Gasteiger partial charge in [-0.1, -0.05) is 26.0 Å². The molecule has 1 aromatic rings. The van der Waals surface area contributed by atoms with Crippen LogP contribution in [0.4, 0.5) is 0 Å². The maximum atomic E-state index is 11.9. The predicted octanol–water partition coefficient (Wildman–Crippen LogP) is 2.47. The van der Waals surface area contributed by atoms with Crippen LogP contribution < -0.4 is 14.8 Å². The van der Waals surface area contributed by atoms with E-state index in [-0.39, 0.29) is 24.9 Å². The van der Waals surface area contributed by atoms with Gasteiger partial charge in [0.05, 0.1) is 19.6 Å². The van der Waals surface area contributed by atoms with E-state index in [2.05, 4.69) is 5.32 Å². The Morgan fingerprint density at radius 2 is 1.78 bits per heavy atom. The van der Waals surface area contributed by atoms with Crippen LogP contribution in [0.2, 0.25) is 0 Å². The number of hydrogen-bond acceptors (Lipinski definition) is 4. The summed E-state index contributed by atoms with van der Waals surface area (Å²) >= 11 is 0. The van der Waals surface area contributed by atoms with Gasteiger partial charge in [0.2, 0.25) is 5.91 Å². The van der Waals surface area contributed by atoms with E-state index in [1.165, 1.54) is 0 Å². The number of benzene rings is 1. The number of aliphatic carboxylic acids is 1. The Balaban J connectivity index is 2.46. The molecule has 1 amide bonds. The lowest BCUT2D eigenvalue weighted by atomic mass is 10.0. The molecule has 1 atom stereocenters. The average Bonchev–Trinajstić information content (AvgIpc) is 2.48. The summed E-state index contributed by atoms with van der Waals surface area (Å²) in [5, 5.41) is 11.6. The number of nitrogens with one attached hydrogen (secondary N) is 1. The van der Waals surface area contributed by atoms with Crippen LogP contribution in [0.15, 0.2) is 24.3 Å². The molecule has 1 rings (SSSR count). The van der Waals surface area contributed by atoms with Gasteiger partial charge < -0.3 is 19.9 Å². The molecule has 0 saturated carbocycles. The molecule has 0 fully saturated rings. The van der Waals surface area contributed by atoms with E-state index < -0.39 is 12.0 Å². The number of amides is 1. The number of hydrogen-bond donors (Lipinski definition) is 2. The van der Waals surface area contributed by atoms with Crippen molar-refractivity contribution in [3.8, 4) is 11.5 Å². The summed E-state index contributed by atoms with van der Waals surface area (Å²) in [5.41, 5.74) is 0. The first-order valence-corrected chi connectivity index (χ1v) is 7.80. The number of ether oxygens (including phenoxy) is 2. The average molecular weight is 323 g/mol. The van der Waals surface area contributed by atoms with E-state index in [0.29, 0.717) is 24.5 Å². The molecule has 0 aliphatic heterocycles. The molecule has 6 heteroatoms. The lowest BCUT2D eigenvalue weighted by molar-refractivity contribution is -0.142. The van der Waals surface area contributed by atoms with Crippen molar-refractivity contribution in [3.05, 3.63) is 24.3 Å². The van der Waals surface area contributed by atoms with E-state index in [4.69, 9.17) is 14.6 Å². The summed E-state index contributed by atoms with van der Waals surface area (Å²) in [6.45, 7) is 6.39. The molecule has 0 heterocycles. The zero-order chi connectivity index (χ0) is 17.2. The summed E-state index contributed by atoms with van der Waals surface area (Å²) in [7, 11) is 0. The van der Waals surface area contributed by atoms with Crippen LogP contribution in [-0.4, -0.2) is 36.2 Å². The first-order chi connectivity index (χ1) is 10.9. The second-order valence-corrected chi connectivity index (χ2v) is 5.57. The molecular weight excluding hydrogens is 298 g/mol. The third-order valence-corrected chi connectivity index (χ3v) is 3.08. The van der Waals surface area contributed by atoms with E-state index in [9.17, 15) is 9.59 Å². The Morgan fingerprint density at radius 3 is 2.30 bits per heavy atom. The van der Waals surface area contributed by atoms with Crippen LogP contribution in [0.25, 0.3) is 0 Å². The highest BCUT2D eigenvalue weighted by Gasteiger charge is 2.20. The van der Waals surface area contributed by atoms with E-state index in [1.54, 1.807) is 12.1 Å². The fourth-order valence-electron chi connectivity index (χ4n) is 2.06. The molecule has 0 bridgehead atoms. The third kappa shape index (κ3) is 7.04. The zero-order valence-electron chi connectivity index (χ0n) is 13.9. The normalized spacial score (nSPS) is 11.8. The van der Waals surface area contributed by atoms with E-state index in [1.807, 2.05) is 32.9 Å². The molecular formula is C17H25NO5. The number of carboxylic acids is 1. The van der Waals surface area contributed by atoms with Gasteiger partial charge in [0.25, 0.3) is 0 Å². The predicted molar refractivity (Wildman–Crippen MR) is 86.7 cm³/mol. The molecule has 23 heavy (non-hydrogen) atoms. The van der Waals surface area contributed by atoms with Crippen molar-refractivity contribution in [1.82, 2.24) is 5.32 Å². The van der Waals surface area contributed by atoms with Crippen LogP contribution in [0.1, 0.15) is 33.6 Å². The number of carbonyl (C=O) groups excluding carboxylic acids is 1. The van der Waals surface area contributed by atoms with Crippen molar-refractivity contribution in [2.75, 3.05) is 13.2 Å². The van der Waals surface area contributed by atoms with Gasteiger partial charge in [-0.2, -0.15) is 0 Å². The van der Waals surface area contributed by atoms with E-state index in [0.717, 1.165) is 0 Å². The number of carbonyl (C=O) groups is 2. The molecule has 0 saturated heterocycles. The third-order valence-electron chi connectivity index (χ3n) is 3.08. The minimum atomic E-state index is -1.02. The summed E-state index contributed by atoms with van der Waals surface area (Å²) in [4.78, 5) is 23.0. The highest BCUT2D eigenvalue weighted by atomic mass is 16.5. The SMILES string of the molecule is CCOc1ccccc1OCCC(=O)NC(CC(C)C)C(=O)O. The van der Waals surface area contributed by atoms with Crippen LogP contribution >= 0.6 is 0 Å². The lowest BCUT2D eigenvalue weighted by Crippen LogP contribution is -2.42. The summed E-state index contributed by atoms with van der Waals surface area (Å²) < 4.78 is 11.0. The molecule has 6 nitrogen and oxygen atoms in total. The standard InChI is InChI=1S/C17H25NO5/c1-4-22-14-7-5-6-8-15(14)23-10-9-16(19)18-13(17(20)21)11-12(2)3/h5-8,12-13H,4,9-11H2,1-3H3,(H,18,19)(H,20,21). The Morgan fingerprint density at radius 1 is 1.17 bits per heavy atom. The molecule has 0 radical (unpaired) electrons. The Labute approximate surface area is 136 Å². The van der Waals surface area contributed by atoms with Gasteiger partial charge in [0.15, 0.2) is 11.5 Å². The zero-order valence-corrected chi connectivity index (χ0v) is 13.9. The second kappa shape index (κ2) is 9.71. The largest absolute Gasteiger partial charge is 0.490 e. The monoisotopic (exact) mass is 323 g/mol. The van der Waals surface area contributed by atoms with Gasteiger partial charge in [-0.25, -0.2) is 4.79 Å². The van der Waals surface area contributed by atoms with Gasteiger partial charge >= 0.3 is 5.97 Å². The second-order valence-electron chi connectivity index (χ2n) is 5.57. The molecule has 0 aromatic heterocycles. The molecule has 2 N–H and O–H groups in total. The highest BCUT2D eigenvalue weighted by Crippen LogP contribution is 2.26. The highest BCUT2D eigenvalue weighted by molar-refractivity contribution is 5.83. The maximum Gasteiger partial charge on any atom is 0.326 e. The van der Waals surface area contributed by atoms with Crippen LogP contribution in [0.5, 0.6) is 11.5 Å². The van der Waals surface area contributed by atoms with Crippen molar-refractivity contribution >= 4 is 11.9 Å². The summed E-state index contributed by atoms with van der Waals surface area (Å²) in [6, 6.07) is 6.36. The first kappa shape index (κ1) is 18.8. The lowest BCUT2D eigenvalue weighted by Gasteiger charge is -2.16. The molecule has 1 unspecified atom stereocenters. The first-order valence-electron chi connectivity index (χ1n) is 7.80. The number of rotatable bonds is 10. The van der Waals surface area contributed by atoms with Crippen molar-refractivity contribution in [3.63, 3.8) is 0 Å². The van der Waals surface area contributed by atoms with Gasteiger partial charge in [-0.15, -0.1) is 0 Å². The fourth-order valence-corrected chi connectivity index (χ4v) is 2.06. The molecule has 0 spiro atoms. The molecule has 1 aromatic carbocycles. The van der Waals surface area contributed by atoms with Crippen LogP contribution in [0.3, 0.4) is 0 Å². The molecule has 128 valence electrons. The maximum absolute atomic E-state index is 11.9. The molecule has 0 aliphatic rings. The quantitative estimate of drug-likeness (QED) is 0.691. The number of carboxylic acid groups (broad SMARTS) is 1. The van der Waals surface area contributed by atoms with Gasteiger partial charge in [0.1, 0.15) is 6.04 Å². The number of para-hydroxylation sites is 2. The Kier molecular flexibility index (Phi) is 7.94. The van der Waals surface area contributed by atoms with Crippen molar-refractivity contribution in [1.29, 1.82) is 0 Å². The topological polar surface area (TPSA) is 84.9 Å². The van der Waals surface area contributed by atoms with Gasteiger partial charge in [-0.3, -0.25) is 4.79 Å². The van der Waals surface area contributed by atoms with Crippen molar-refractivity contribution in [2.45, 2.75) is 39.7 Å². The van der Waals surface area contributed by atoms with Crippen LogP contribution in [0, 0.1) is 5.92 Å². The minimum absolute atomic E-state index is 0.0856. The minimum Gasteiger partial charge on any atom is -0.490 e. The van der Waals surface area contributed by atoms with Crippen molar-refractivity contribution in [2.24, 2.45) is 5.92 Å². The Bertz CT molecular complexity index is 515. The van der Waals surface area contributed by atoms with Gasteiger partial charge in [0, 0.05) is 0 Å². The van der Waals surface area contributed by atoms with Crippen molar-refractivity contribution < 1.29 is 24.2 Å². The smallest absolute Gasteiger partial charge is 0.326 e. The summed E-state index contributed by atoms with van der Waals surface area (Å²) in [6.07, 6.45) is 0.484. The molecule has 0 aliphatic carbocycles. The van der Waals surface area contributed by atoms with Gasteiger partial charge in [-0.05, 0) is 31.4 Å². The summed E-state index contributed by atoms with van der Waals surface area (Å²) in [5.74, 6) is 0.0186. The van der Waals surface area contributed by atoms with Crippen LogP contribution in [-0.2, 0) is 9.59 Å². The fraction of sp³-hybridized carbons (Fsp3) is 0.529.